The van der Waals surface area contributed by atoms with Gasteiger partial charge in [0.05, 0.1) is 19.4 Å². The highest BCUT2D eigenvalue weighted by atomic mass is 32.2. The third-order valence-electron chi connectivity index (χ3n) is 2.13. The zero-order valence-corrected chi connectivity index (χ0v) is 8.33. The highest BCUT2D eigenvalue weighted by molar-refractivity contribution is 8.09. The summed E-state index contributed by atoms with van der Waals surface area (Å²) in [5.74, 6) is 0. The monoisotopic (exact) mass is 217 g/mol. The summed E-state index contributed by atoms with van der Waals surface area (Å²) >= 11 is 0. The summed E-state index contributed by atoms with van der Waals surface area (Å²) in [6, 6.07) is 0. The van der Waals surface area contributed by atoms with E-state index < -0.39 is 9.84 Å². The molecule has 0 aliphatic carbocycles. The van der Waals surface area contributed by atoms with Crippen LogP contribution in [0.3, 0.4) is 0 Å². The third kappa shape index (κ3) is 1.38. The first-order valence-electron chi connectivity index (χ1n) is 4.23. The number of hydrogen-bond donors (Lipinski definition) is 1. The van der Waals surface area contributed by atoms with Gasteiger partial charge in [-0.15, -0.1) is 0 Å². The maximum atomic E-state index is 11.6. The van der Waals surface area contributed by atoms with Gasteiger partial charge in [0.25, 0.3) is 9.84 Å². The fraction of sp³-hybridized carbons (Fsp3) is 0.571. The second-order valence-corrected chi connectivity index (χ2v) is 4.89. The van der Waals surface area contributed by atoms with E-state index in [1.165, 1.54) is 6.20 Å². The predicted octanol–water partition coefficient (Wildman–Crippen LogP) is -1.14. The van der Waals surface area contributed by atoms with Gasteiger partial charge in [-0.3, -0.25) is 0 Å². The van der Waals surface area contributed by atoms with Crippen molar-refractivity contribution in [3.63, 3.8) is 0 Å². The summed E-state index contributed by atoms with van der Waals surface area (Å²) in [6.45, 7) is 2.13. The van der Waals surface area contributed by atoms with E-state index in [-0.39, 0.29) is 10.2 Å². The normalized spacial score (nSPS) is 25.9. The van der Waals surface area contributed by atoms with Crippen LogP contribution >= 0.6 is 0 Å². The van der Waals surface area contributed by atoms with Gasteiger partial charge in [0.2, 0.25) is 5.17 Å². The van der Waals surface area contributed by atoms with Gasteiger partial charge >= 0.3 is 0 Å². The van der Waals surface area contributed by atoms with Crippen LogP contribution in [0.1, 0.15) is 0 Å². The van der Waals surface area contributed by atoms with Gasteiger partial charge in [0.1, 0.15) is 0 Å². The van der Waals surface area contributed by atoms with Gasteiger partial charge in [-0.05, 0) is 0 Å². The molecule has 2 aliphatic heterocycles. The average Bonchev–Trinajstić information content (AvgIpc) is 2.44. The van der Waals surface area contributed by atoms with Gasteiger partial charge < -0.3 is 15.4 Å². The lowest BCUT2D eigenvalue weighted by Crippen LogP contribution is -2.43. The Morgan fingerprint density at radius 2 is 2.07 bits per heavy atom. The Labute approximate surface area is 82.0 Å². The lowest BCUT2D eigenvalue weighted by Gasteiger charge is -2.27. The van der Waals surface area contributed by atoms with Crippen molar-refractivity contribution in [2.24, 2.45) is 10.7 Å². The van der Waals surface area contributed by atoms with Crippen molar-refractivity contribution in [1.82, 2.24) is 4.90 Å². The molecule has 78 valence electrons. The Hall–Kier alpha value is -1.08. The molecular weight excluding hydrogens is 206 g/mol. The molecule has 2 aliphatic rings. The van der Waals surface area contributed by atoms with Crippen LogP contribution in [0.2, 0.25) is 0 Å². The van der Waals surface area contributed by atoms with E-state index in [4.69, 9.17) is 10.5 Å². The topological polar surface area (TPSA) is 85.0 Å². The zero-order chi connectivity index (χ0) is 10.2. The number of aliphatic imine (C=N–C) groups is 1. The first-order valence-corrected chi connectivity index (χ1v) is 5.72. The van der Waals surface area contributed by atoms with E-state index in [0.717, 1.165) is 0 Å². The number of nitrogens with two attached hydrogens (primary N) is 1. The van der Waals surface area contributed by atoms with Crippen LogP contribution in [0.25, 0.3) is 0 Å². The predicted molar refractivity (Wildman–Crippen MR) is 51.0 cm³/mol. The molecule has 14 heavy (non-hydrogen) atoms. The maximum Gasteiger partial charge on any atom is 0.255 e. The summed E-state index contributed by atoms with van der Waals surface area (Å²) < 4.78 is 28.3. The van der Waals surface area contributed by atoms with Gasteiger partial charge in [0, 0.05) is 13.1 Å². The smallest absolute Gasteiger partial charge is 0.255 e. The number of hydrogen-bond acceptors (Lipinski definition) is 6. The van der Waals surface area contributed by atoms with E-state index >= 15 is 0 Å². The molecule has 0 aromatic heterocycles. The Morgan fingerprint density at radius 1 is 1.43 bits per heavy atom. The maximum absolute atomic E-state index is 11.6. The molecule has 7 heteroatoms. The van der Waals surface area contributed by atoms with Gasteiger partial charge in [-0.1, -0.05) is 0 Å². The molecule has 0 unspecified atom stereocenters. The van der Waals surface area contributed by atoms with Gasteiger partial charge in [-0.2, -0.15) is 0 Å². The fourth-order valence-corrected chi connectivity index (χ4v) is 2.49. The zero-order valence-electron chi connectivity index (χ0n) is 7.51. The molecule has 0 saturated carbocycles. The molecular formula is C7H11N3O3S. The summed E-state index contributed by atoms with van der Waals surface area (Å²) in [4.78, 5) is 5.48. The summed E-state index contributed by atoms with van der Waals surface area (Å²) in [5, 5.41) is -0.128. The molecule has 0 bridgehead atoms. The molecule has 0 radical (unpaired) electrons. The minimum atomic E-state index is -3.51. The second kappa shape index (κ2) is 3.25. The van der Waals surface area contributed by atoms with Crippen molar-refractivity contribution in [2.75, 3.05) is 26.3 Å². The molecule has 0 spiro atoms. The van der Waals surface area contributed by atoms with Crippen molar-refractivity contribution in [3.05, 3.63) is 11.2 Å². The minimum Gasteiger partial charge on any atom is -0.388 e. The van der Waals surface area contributed by atoms with Crippen LogP contribution in [0.4, 0.5) is 0 Å². The van der Waals surface area contributed by atoms with Gasteiger partial charge in [0.15, 0.2) is 5.03 Å². The molecule has 2 N–H and O–H groups in total. The third-order valence-corrected chi connectivity index (χ3v) is 3.70. The van der Waals surface area contributed by atoms with E-state index in [1.54, 1.807) is 4.90 Å². The molecule has 0 atom stereocenters. The average molecular weight is 217 g/mol. The SMILES string of the molecule is NC1=CN=C(N2CCOCC2)S1(=O)=O. The van der Waals surface area contributed by atoms with Crippen LogP contribution in [-0.2, 0) is 14.6 Å². The van der Waals surface area contributed by atoms with Crippen molar-refractivity contribution < 1.29 is 13.2 Å². The van der Waals surface area contributed by atoms with Crippen LogP contribution in [0, 0.1) is 0 Å². The summed E-state index contributed by atoms with van der Waals surface area (Å²) in [6.07, 6.45) is 1.18. The standard InChI is InChI=1S/C7H11N3O3S/c8-6-5-9-7(14(6,11)12)10-1-3-13-4-2-10/h5H,1-4,8H2. The highest BCUT2D eigenvalue weighted by Crippen LogP contribution is 2.16. The largest absolute Gasteiger partial charge is 0.388 e. The van der Waals surface area contributed by atoms with Crippen LogP contribution in [-0.4, -0.2) is 44.8 Å². The van der Waals surface area contributed by atoms with E-state index in [1.807, 2.05) is 0 Å². The first-order chi connectivity index (χ1) is 6.62. The fourth-order valence-electron chi connectivity index (χ4n) is 1.37. The number of ether oxygens (including phenoxy) is 1. The van der Waals surface area contributed by atoms with Gasteiger partial charge in [-0.25, -0.2) is 13.4 Å². The quantitative estimate of drug-likeness (QED) is 0.554. The van der Waals surface area contributed by atoms with Crippen LogP contribution < -0.4 is 5.73 Å². The molecule has 2 rings (SSSR count). The molecule has 6 nitrogen and oxygen atoms in total. The number of nitrogens with zero attached hydrogens (tertiary/aromatic N) is 2. The molecule has 1 fully saturated rings. The molecule has 0 aromatic rings. The Morgan fingerprint density at radius 3 is 2.57 bits per heavy atom. The van der Waals surface area contributed by atoms with Crippen molar-refractivity contribution >= 4 is 15.0 Å². The van der Waals surface area contributed by atoms with E-state index in [2.05, 4.69) is 4.99 Å². The summed E-state index contributed by atoms with van der Waals surface area (Å²) in [7, 11) is -3.51. The molecule has 0 aromatic carbocycles. The number of morpholine rings is 1. The molecule has 2 heterocycles. The van der Waals surface area contributed by atoms with Crippen molar-refractivity contribution in [2.45, 2.75) is 0 Å². The number of rotatable bonds is 0. The Kier molecular flexibility index (Phi) is 2.20. The number of sulfone groups is 1. The lowest BCUT2D eigenvalue weighted by molar-refractivity contribution is 0.0692. The molecule has 0 amide bonds. The second-order valence-electron chi connectivity index (χ2n) is 3.05. The van der Waals surface area contributed by atoms with Crippen LogP contribution in [0.5, 0.6) is 0 Å². The van der Waals surface area contributed by atoms with E-state index in [0.29, 0.717) is 26.3 Å². The number of amidine groups is 1. The minimum absolute atomic E-state index is 0.0540. The molecule has 1 saturated heterocycles. The summed E-state index contributed by atoms with van der Waals surface area (Å²) in [5.41, 5.74) is 5.31. The highest BCUT2D eigenvalue weighted by Gasteiger charge is 2.32. The Bertz CT molecular complexity index is 392. The first kappa shape index (κ1) is 9.47. The Balaban J connectivity index is 2.22. The lowest BCUT2D eigenvalue weighted by atomic mass is 10.5. The van der Waals surface area contributed by atoms with E-state index in [9.17, 15) is 8.42 Å². The van der Waals surface area contributed by atoms with Crippen molar-refractivity contribution in [1.29, 1.82) is 0 Å². The van der Waals surface area contributed by atoms with Crippen LogP contribution in [0.15, 0.2) is 16.2 Å². The van der Waals surface area contributed by atoms with Crippen molar-refractivity contribution in [3.8, 4) is 0 Å².